The van der Waals surface area contributed by atoms with Gasteiger partial charge >= 0.3 is 0 Å². The molecule has 3 rings (SSSR count). The van der Waals surface area contributed by atoms with Crippen molar-refractivity contribution in [3.8, 4) is 5.69 Å². The zero-order valence-corrected chi connectivity index (χ0v) is 15.4. The van der Waals surface area contributed by atoms with E-state index in [1.165, 1.54) is 0 Å². The maximum atomic E-state index is 12.8. The van der Waals surface area contributed by atoms with Crippen molar-refractivity contribution < 1.29 is 4.79 Å². The zero-order valence-electron chi connectivity index (χ0n) is 15.4. The number of hydrogen-bond donors (Lipinski definition) is 0. The van der Waals surface area contributed by atoms with Crippen LogP contribution < -0.4 is 0 Å². The van der Waals surface area contributed by atoms with Crippen LogP contribution >= 0.6 is 0 Å². The van der Waals surface area contributed by atoms with Crippen LogP contribution in [-0.2, 0) is 11.3 Å². The Hall–Kier alpha value is -2.92. The fourth-order valence-corrected chi connectivity index (χ4v) is 3.01. The van der Waals surface area contributed by atoms with Gasteiger partial charge in [-0.2, -0.15) is 5.10 Å². The highest BCUT2D eigenvalue weighted by molar-refractivity contribution is 5.82. The molecular weight excluding hydrogens is 324 g/mol. The van der Waals surface area contributed by atoms with Crippen molar-refractivity contribution in [1.82, 2.24) is 19.6 Å². The first-order valence-electron chi connectivity index (χ1n) is 8.61. The summed E-state index contributed by atoms with van der Waals surface area (Å²) in [6.07, 6.45) is 3.86. The fraction of sp³-hybridized carbons (Fsp3) is 0.238. The third-order valence-corrected chi connectivity index (χ3v) is 4.32. The monoisotopic (exact) mass is 348 g/mol. The van der Waals surface area contributed by atoms with Gasteiger partial charge in [0, 0.05) is 32.4 Å². The molecule has 0 aliphatic rings. The molecule has 0 aliphatic heterocycles. The van der Waals surface area contributed by atoms with Crippen molar-refractivity contribution >= 4 is 5.91 Å². The molecule has 3 aromatic rings. The highest BCUT2D eigenvalue weighted by Crippen LogP contribution is 2.23. The van der Waals surface area contributed by atoms with Crippen molar-refractivity contribution in [2.24, 2.45) is 0 Å². The molecule has 0 saturated carbocycles. The van der Waals surface area contributed by atoms with Gasteiger partial charge < -0.3 is 4.90 Å². The predicted molar refractivity (Wildman–Crippen MR) is 103 cm³/mol. The molecular formula is C21H24N4O. The molecule has 0 spiro atoms. The quantitative estimate of drug-likeness (QED) is 0.687. The molecule has 2 aromatic carbocycles. The second-order valence-electron chi connectivity index (χ2n) is 6.59. The van der Waals surface area contributed by atoms with Crippen LogP contribution in [0.1, 0.15) is 17.2 Å². The van der Waals surface area contributed by atoms with E-state index in [0.29, 0.717) is 6.54 Å². The van der Waals surface area contributed by atoms with E-state index in [9.17, 15) is 4.79 Å². The molecule has 26 heavy (non-hydrogen) atoms. The van der Waals surface area contributed by atoms with Crippen LogP contribution in [0.2, 0.25) is 0 Å². The van der Waals surface area contributed by atoms with Crippen molar-refractivity contribution in [2.75, 3.05) is 21.1 Å². The minimum atomic E-state index is -0.328. The van der Waals surface area contributed by atoms with Gasteiger partial charge in [0.25, 0.3) is 0 Å². The molecule has 0 radical (unpaired) electrons. The Labute approximate surface area is 154 Å². The molecule has 1 heterocycles. The first-order valence-corrected chi connectivity index (χ1v) is 8.61. The Kier molecular flexibility index (Phi) is 5.49. The molecule has 134 valence electrons. The number of rotatable bonds is 6. The summed E-state index contributed by atoms with van der Waals surface area (Å²) in [6, 6.07) is 19.6. The average molecular weight is 348 g/mol. The van der Waals surface area contributed by atoms with Gasteiger partial charge in [-0.05, 0) is 24.7 Å². The van der Waals surface area contributed by atoms with Gasteiger partial charge in [0.15, 0.2) is 0 Å². The van der Waals surface area contributed by atoms with Crippen molar-refractivity contribution in [3.05, 3.63) is 84.2 Å². The van der Waals surface area contributed by atoms with Crippen LogP contribution in [0.4, 0.5) is 0 Å². The number of carbonyl (C=O) groups is 1. The van der Waals surface area contributed by atoms with E-state index >= 15 is 0 Å². The number of benzene rings is 2. The van der Waals surface area contributed by atoms with Gasteiger partial charge in [-0.1, -0.05) is 48.5 Å². The summed E-state index contributed by atoms with van der Waals surface area (Å²) in [5.41, 5.74) is 3.07. The van der Waals surface area contributed by atoms with E-state index in [1.807, 2.05) is 84.8 Å². The Balaban J connectivity index is 1.81. The highest BCUT2D eigenvalue weighted by Gasteiger charge is 2.26. The first kappa shape index (κ1) is 17.9. The number of hydrogen-bond acceptors (Lipinski definition) is 3. The van der Waals surface area contributed by atoms with Crippen LogP contribution in [0.15, 0.2) is 73.1 Å². The van der Waals surface area contributed by atoms with Gasteiger partial charge in [0.2, 0.25) is 5.91 Å². The summed E-state index contributed by atoms with van der Waals surface area (Å²) < 4.78 is 1.86. The average Bonchev–Trinajstić information content (AvgIpc) is 3.12. The molecule has 5 heteroatoms. The van der Waals surface area contributed by atoms with Gasteiger partial charge in [0.1, 0.15) is 6.04 Å². The third-order valence-electron chi connectivity index (χ3n) is 4.32. The second kappa shape index (κ2) is 7.97. The van der Waals surface area contributed by atoms with E-state index in [-0.39, 0.29) is 11.9 Å². The Morgan fingerprint density at radius 1 is 1.00 bits per heavy atom. The molecule has 1 aromatic heterocycles. The zero-order chi connectivity index (χ0) is 18.5. The number of nitrogens with zero attached hydrogens (tertiary/aromatic N) is 4. The molecule has 0 fully saturated rings. The standard InChI is InChI=1S/C21H24N4O/c1-23(2)21(26)20(18-10-6-4-7-11-18)24(3)15-17-14-22-25(16-17)19-12-8-5-9-13-19/h4-14,16,20H,15H2,1-3H3. The lowest BCUT2D eigenvalue weighted by atomic mass is 10.0. The third kappa shape index (κ3) is 4.00. The molecule has 1 atom stereocenters. The Bertz CT molecular complexity index is 843. The van der Waals surface area contributed by atoms with Gasteiger partial charge in [-0.25, -0.2) is 4.68 Å². The summed E-state index contributed by atoms with van der Waals surface area (Å²) in [5, 5.41) is 4.45. The molecule has 1 unspecified atom stereocenters. The summed E-state index contributed by atoms with van der Waals surface area (Å²) in [5.74, 6) is 0.0640. The van der Waals surface area contributed by atoms with E-state index in [0.717, 1.165) is 16.8 Å². The lowest BCUT2D eigenvalue weighted by molar-refractivity contribution is -0.134. The van der Waals surface area contributed by atoms with E-state index in [1.54, 1.807) is 19.0 Å². The molecule has 5 nitrogen and oxygen atoms in total. The summed E-state index contributed by atoms with van der Waals surface area (Å²) in [4.78, 5) is 16.5. The van der Waals surface area contributed by atoms with Gasteiger partial charge in [-0.3, -0.25) is 9.69 Å². The van der Waals surface area contributed by atoms with Crippen LogP contribution in [-0.4, -0.2) is 46.6 Å². The molecule has 1 amide bonds. The van der Waals surface area contributed by atoms with Crippen LogP contribution in [0.5, 0.6) is 0 Å². The smallest absolute Gasteiger partial charge is 0.244 e. The number of para-hydroxylation sites is 1. The van der Waals surface area contributed by atoms with Crippen molar-refractivity contribution in [2.45, 2.75) is 12.6 Å². The van der Waals surface area contributed by atoms with Crippen LogP contribution in [0.3, 0.4) is 0 Å². The Morgan fingerprint density at radius 3 is 2.23 bits per heavy atom. The summed E-state index contributed by atoms with van der Waals surface area (Å²) in [7, 11) is 5.55. The molecule has 0 bridgehead atoms. The largest absolute Gasteiger partial charge is 0.347 e. The van der Waals surface area contributed by atoms with Crippen molar-refractivity contribution in [1.29, 1.82) is 0 Å². The lowest BCUT2D eigenvalue weighted by Crippen LogP contribution is -2.37. The summed E-state index contributed by atoms with van der Waals surface area (Å²) >= 11 is 0. The SMILES string of the molecule is CN(C)C(=O)C(c1ccccc1)N(C)Cc1cnn(-c2ccccc2)c1. The van der Waals surface area contributed by atoms with Gasteiger partial charge in [-0.15, -0.1) is 0 Å². The maximum Gasteiger partial charge on any atom is 0.244 e. The van der Waals surface area contributed by atoms with E-state index < -0.39 is 0 Å². The minimum absolute atomic E-state index is 0.0640. The number of carbonyl (C=O) groups excluding carboxylic acids is 1. The molecule has 0 aliphatic carbocycles. The topological polar surface area (TPSA) is 41.4 Å². The number of amides is 1. The van der Waals surface area contributed by atoms with Crippen molar-refractivity contribution in [3.63, 3.8) is 0 Å². The second-order valence-corrected chi connectivity index (χ2v) is 6.59. The number of likely N-dealkylation sites (N-methyl/N-ethyl adjacent to an activating group) is 2. The van der Waals surface area contributed by atoms with Gasteiger partial charge in [0.05, 0.1) is 11.9 Å². The first-order chi connectivity index (χ1) is 12.6. The van der Waals surface area contributed by atoms with Crippen LogP contribution in [0.25, 0.3) is 5.69 Å². The molecule has 0 saturated heterocycles. The molecule has 0 N–H and O–H groups in total. The maximum absolute atomic E-state index is 12.8. The highest BCUT2D eigenvalue weighted by atomic mass is 16.2. The van der Waals surface area contributed by atoms with E-state index in [4.69, 9.17) is 0 Å². The van der Waals surface area contributed by atoms with E-state index in [2.05, 4.69) is 10.00 Å². The number of aromatic nitrogens is 2. The Morgan fingerprint density at radius 2 is 1.62 bits per heavy atom. The minimum Gasteiger partial charge on any atom is -0.347 e. The normalized spacial score (nSPS) is 12.2. The summed E-state index contributed by atoms with van der Waals surface area (Å²) in [6.45, 7) is 0.631. The predicted octanol–water partition coefficient (Wildman–Crippen LogP) is 3.13. The fourth-order valence-electron chi connectivity index (χ4n) is 3.01. The lowest BCUT2D eigenvalue weighted by Gasteiger charge is -2.29. The van der Waals surface area contributed by atoms with Crippen LogP contribution in [0, 0.1) is 0 Å².